The Kier molecular flexibility index (Phi) is 18.8. The maximum Gasteiger partial charge on any atom is 0.107 e. The zero-order valence-electron chi connectivity index (χ0n) is 12.6. The molecule has 21 heavy (non-hydrogen) atoms. The first kappa shape index (κ1) is 22.6. The van der Waals surface area contributed by atoms with E-state index in [1.807, 2.05) is 0 Å². The molecule has 11 heteroatoms. The van der Waals surface area contributed by atoms with Crippen LogP contribution in [0.1, 0.15) is 0 Å². The van der Waals surface area contributed by atoms with Gasteiger partial charge in [-0.25, -0.2) is 0 Å². The van der Waals surface area contributed by atoms with Crippen molar-refractivity contribution in [3.05, 3.63) is 59.0 Å². The fourth-order valence-electron chi connectivity index (χ4n) is 0.983. The summed E-state index contributed by atoms with van der Waals surface area (Å²) < 4.78 is 5.72. The number of hydrogen-bond donors (Lipinski definition) is 0. The molecule has 0 aromatic carbocycles. The Labute approximate surface area is 154 Å². The third-order valence-corrected chi connectivity index (χ3v) is 1.82. The van der Waals surface area contributed by atoms with Gasteiger partial charge in [-0.05, 0) is 47.5 Å². The summed E-state index contributed by atoms with van der Waals surface area (Å²) >= 11 is 1.40. The van der Waals surface area contributed by atoms with Crippen molar-refractivity contribution in [1.82, 2.24) is 0 Å². The molecule has 0 saturated heterocycles. The van der Waals surface area contributed by atoms with Gasteiger partial charge in [0.15, 0.2) is 0 Å². The summed E-state index contributed by atoms with van der Waals surface area (Å²) in [6.45, 7) is 6.54. The molecule has 82 valence electrons. The molecular formula is C10H5B10I. The van der Waals surface area contributed by atoms with Crippen LogP contribution in [-0.2, 0) is 0 Å². The molecule has 0 amide bonds. The zero-order chi connectivity index (χ0) is 18.0. The Bertz CT molecular complexity index is 510. The highest BCUT2D eigenvalue weighted by molar-refractivity contribution is 14.0. The van der Waals surface area contributed by atoms with Crippen molar-refractivity contribution < 1.29 is 0 Å². The van der Waals surface area contributed by atoms with Crippen LogP contribution in [0.25, 0.3) is 0 Å². The molecule has 0 aromatic rings. The second kappa shape index (κ2) is 17.4. The average Bonchev–Trinajstić information content (AvgIpc) is 2.44. The van der Waals surface area contributed by atoms with Crippen molar-refractivity contribution >= 4 is 95.7 Å². The van der Waals surface area contributed by atoms with E-state index in [2.05, 4.69) is 59.0 Å². The van der Waals surface area contributed by atoms with Crippen molar-refractivity contribution in [3.63, 3.8) is 0 Å². The fraction of sp³-hybridized carbons (Fsp3) is 0. The first-order valence-electron chi connectivity index (χ1n) is 5.84. The van der Waals surface area contributed by atoms with Crippen LogP contribution in [0.4, 0.5) is 0 Å². The monoisotopic (exact) mass is 363 g/mol. The molecule has 0 aromatic heterocycles. The molecule has 0 unspecified atom stereocenters. The molecule has 0 saturated carbocycles. The maximum absolute atomic E-state index is 5.72. The SMILES string of the molecule is C=C=C=C=C=C=C=C=C=C.[2H]I.[B]B([B])B(B([B])[B])B([B])[B]. The minimum absolute atomic E-state index is 0.444. The summed E-state index contributed by atoms with van der Waals surface area (Å²) in [7, 11) is 31.8. The van der Waals surface area contributed by atoms with Crippen molar-refractivity contribution in [1.29, 1.82) is 0.594 Å². The Morgan fingerprint density at radius 2 is 0.857 bits per heavy atom. The standard InChI is InChI=1S/C10H4.B10.HI/c1-3-5-7-9-10-8-6-4-2;1-7(2)10(8(3)4)9(5)6;/h1-2H2;;1H/i/hD. The Morgan fingerprint density at radius 1 is 0.619 bits per heavy atom. The van der Waals surface area contributed by atoms with Gasteiger partial charge in [-0.3, -0.25) is 0 Å². The van der Waals surface area contributed by atoms with Gasteiger partial charge in [0.25, 0.3) is 0 Å². The molecule has 0 bridgehead atoms. The van der Waals surface area contributed by atoms with Crippen molar-refractivity contribution in [3.8, 4) is 0 Å². The highest BCUT2D eigenvalue weighted by Gasteiger charge is 2.24. The summed E-state index contributed by atoms with van der Waals surface area (Å²) in [5.74, 6) is 0. The largest absolute Gasteiger partial charge is 0.107 e. The van der Waals surface area contributed by atoms with Crippen LogP contribution >= 0.6 is 23.8 Å². The van der Waals surface area contributed by atoms with Crippen molar-refractivity contribution in [2.75, 3.05) is 0 Å². The van der Waals surface area contributed by atoms with E-state index in [4.69, 9.17) is 47.0 Å². The molecule has 0 aliphatic carbocycles. The van der Waals surface area contributed by atoms with Crippen molar-refractivity contribution in [2.45, 2.75) is 0 Å². The molecule has 0 atom stereocenters. The van der Waals surface area contributed by atoms with E-state index in [1.54, 1.807) is 0 Å². The van der Waals surface area contributed by atoms with E-state index >= 15 is 0 Å². The summed E-state index contributed by atoms with van der Waals surface area (Å²) in [4.78, 5) is 0. The van der Waals surface area contributed by atoms with Gasteiger partial charge in [-0.1, -0.05) is 11.5 Å². The predicted molar refractivity (Wildman–Crippen MR) is 112 cm³/mol. The quantitative estimate of drug-likeness (QED) is 0.339. The van der Waals surface area contributed by atoms with Crippen LogP contribution in [-0.4, -0.2) is 72.6 Å². The predicted octanol–water partition coefficient (Wildman–Crippen LogP) is -1.15. The Balaban J connectivity index is -0.000000294. The maximum atomic E-state index is 5.72. The minimum Gasteiger partial charge on any atom is -0.107 e. The lowest BCUT2D eigenvalue weighted by molar-refractivity contribution is 2.16. The Hall–Kier alpha value is -0.641. The first-order valence-corrected chi connectivity index (χ1v) is 5.46. The number of rotatable bonds is 3. The molecule has 0 fully saturated rings. The smallest absolute Gasteiger partial charge is 0.107 e. The summed E-state index contributed by atoms with van der Waals surface area (Å²) in [5.41, 5.74) is 19.5. The van der Waals surface area contributed by atoms with E-state index < -0.39 is 25.5 Å². The third-order valence-electron chi connectivity index (χ3n) is 1.82. The molecule has 0 heterocycles. The second-order valence-electron chi connectivity index (χ2n) is 3.41. The number of halogens is 1. The van der Waals surface area contributed by atoms with Gasteiger partial charge < -0.3 is 0 Å². The van der Waals surface area contributed by atoms with E-state index in [-0.39, 0.29) is 0 Å². The van der Waals surface area contributed by atoms with Gasteiger partial charge >= 0.3 is 0 Å². The van der Waals surface area contributed by atoms with Crippen molar-refractivity contribution in [2.24, 2.45) is 0 Å². The van der Waals surface area contributed by atoms with Gasteiger partial charge in [-0.15, -0.1) is 23.8 Å². The van der Waals surface area contributed by atoms with Crippen LogP contribution in [0.2, 0.25) is 0 Å². The van der Waals surface area contributed by atoms with Crippen LogP contribution < -0.4 is 0 Å². The molecule has 0 nitrogen and oxygen atoms in total. The summed E-state index contributed by atoms with van der Waals surface area (Å²) in [6, 6.07) is 0. The van der Waals surface area contributed by atoms with Crippen LogP contribution in [0, 0.1) is 0 Å². The van der Waals surface area contributed by atoms with E-state index in [9.17, 15) is 0 Å². The molecule has 0 rings (SSSR count). The lowest BCUT2D eigenvalue weighted by Gasteiger charge is -2.23. The third kappa shape index (κ3) is 17.3. The zero-order valence-corrected chi connectivity index (χ0v) is 13.7. The van der Waals surface area contributed by atoms with Gasteiger partial charge in [0.1, 0.15) is 0.594 Å². The second-order valence-corrected chi connectivity index (χ2v) is 3.41. The van der Waals surface area contributed by atoms with E-state index in [1.165, 1.54) is 23.8 Å². The minimum atomic E-state index is -0.667. The topological polar surface area (TPSA) is 0 Å². The first-order chi connectivity index (χ1) is 10.4. The molecule has 0 aliphatic heterocycles. The highest BCUT2D eigenvalue weighted by Crippen LogP contribution is 1.86. The fourth-order valence-corrected chi connectivity index (χ4v) is 0.983. The summed E-state index contributed by atoms with van der Waals surface area (Å²) in [6.07, 6.45) is -2.44. The molecular weight excluding hydrogens is 355 g/mol. The summed E-state index contributed by atoms with van der Waals surface area (Å²) in [5, 5.41) is 0. The highest BCUT2D eigenvalue weighted by atomic mass is 127. The lowest BCUT2D eigenvalue weighted by Crippen LogP contribution is -2.62. The van der Waals surface area contributed by atoms with Crippen LogP contribution in [0.3, 0.4) is 0 Å². The van der Waals surface area contributed by atoms with Crippen LogP contribution in [0.15, 0.2) is 59.0 Å². The Morgan fingerprint density at radius 3 is 1.00 bits per heavy atom. The van der Waals surface area contributed by atoms with Gasteiger partial charge in [-0.2, -0.15) is 0 Å². The van der Waals surface area contributed by atoms with Gasteiger partial charge in [0, 0.05) is 72.0 Å². The van der Waals surface area contributed by atoms with Gasteiger partial charge in [0.2, 0.25) is 0 Å². The lowest BCUT2D eigenvalue weighted by atomic mass is 8.58. The van der Waals surface area contributed by atoms with E-state index in [0.29, 0.717) is 0 Å². The molecule has 0 spiro atoms. The molecule has 0 N–H and O–H groups in total. The molecule has 12 radical (unpaired) electrons. The average molecular weight is 361 g/mol. The normalized spacial score (nSPS) is 6.05. The number of hydrogen-bond acceptors (Lipinski definition) is 0. The molecule has 0 aliphatic rings. The van der Waals surface area contributed by atoms with E-state index in [0.717, 1.165) is 0 Å². The van der Waals surface area contributed by atoms with Gasteiger partial charge in [0.05, 0.1) is 0 Å². The van der Waals surface area contributed by atoms with Crippen LogP contribution in [0.5, 0.6) is 0 Å².